The molecule has 0 aromatic heterocycles. The van der Waals surface area contributed by atoms with E-state index in [0.717, 1.165) is 35.1 Å². The number of halogens is 3. The minimum atomic E-state index is -4.71. The molecule has 1 N–H and O–H groups in total. The van der Waals surface area contributed by atoms with Gasteiger partial charge in [-0.25, -0.2) is 8.42 Å². The van der Waals surface area contributed by atoms with Crippen LogP contribution in [0.4, 0.5) is 18.9 Å². The Bertz CT molecular complexity index is 1480. The SMILES string of the molecule is CC[C@H](C)NC(=O)[C@H](Cc1ccccc1)N(Cc1ccccc1C)C(=O)CN(c1cccc(C(F)(F)F)c1)S(C)(=O)=O. The lowest BCUT2D eigenvalue weighted by atomic mass is 10.0. The van der Waals surface area contributed by atoms with Crippen molar-refractivity contribution in [1.82, 2.24) is 10.2 Å². The maximum atomic E-state index is 14.1. The fourth-order valence-corrected chi connectivity index (χ4v) is 5.26. The highest BCUT2D eigenvalue weighted by Gasteiger charge is 2.35. The first-order chi connectivity index (χ1) is 19.7. The molecule has 2 amide bonds. The Morgan fingerprint density at radius 2 is 1.60 bits per heavy atom. The molecule has 0 unspecified atom stereocenters. The highest BCUT2D eigenvalue weighted by atomic mass is 32.2. The van der Waals surface area contributed by atoms with Crippen LogP contribution in [0.3, 0.4) is 0 Å². The van der Waals surface area contributed by atoms with Gasteiger partial charge in [0, 0.05) is 19.0 Å². The van der Waals surface area contributed by atoms with Gasteiger partial charge in [-0.2, -0.15) is 13.2 Å². The quantitative estimate of drug-likeness (QED) is 0.303. The number of aryl methyl sites for hydroxylation is 1. The molecule has 0 bridgehead atoms. The third-order valence-corrected chi connectivity index (χ3v) is 8.16. The summed E-state index contributed by atoms with van der Waals surface area (Å²) in [6.07, 6.45) is -3.10. The number of anilines is 1. The van der Waals surface area contributed by atoms with Crippen LogP contribution < -0.4 is 9.62 Å². The molecule has 3 aromatic rings. The van der Waals surface area contributed by atoms with E-state index in [9.17, 15) is 31.2 Å². The Hall–Kier alpha value is -3.86. The summed E-state index contributed by atoms with van der Waals surface area (Å²) in [6.45, 7) is 4.79. The average Bonchev–Trinajstić information content (AvgIpc) is 2.93. The van der Waals surface area contributed by atoms with Gasteiger partial charge in [0.05, 0.1) is 17.5 Å². The molecule has 0 spiro atoms. The van der Waals surface area contributed by atoms with Gasteiger partial charge in [-0.3, -0.25) is 13.9 Å². The molecule has 0 radical (unpaired) electrons. The first kappa shape index (κ1) is 32.7. The van der Waals surface area contributed by atoms with Crippen molar-refractivity contribution >= 4 is 27.5 Å². The molecule has 226 valence electrons. The number of sulfonamides is 1. The standard InChI is InChI=1S/C31H36F3N3O4S/c1-5-23(3)35-30(39)28(18-24-13-7-6-8-14-24)36(20-25-15-10-9-12-22(25)2)29(38)21-37(42(4,40)41)27-17-11-16-26(19-27)31(32,33)34/h6-17,19,23,28H,5,18,20-21H2,1-4H3,(H,35,39)/t23-,28-/m0/s1. The van der Waals surface area contributed by atoms with Crippen LogP contribution in [0.5, 0.6) is 0 Å². The van der Waals surface area contributed by atoms with Gasteiger partial charge in [0.25, 0.3) is 0 Å². The van der Waals surface area contributed by atoms with E-state index in [1.165, 1.54) is 11.0 Å². The molecule has 0 aliphatic rings. The molecule has 0 saturated carbocycles. The minimum Gasteiger partial charge on any atom is -0.352 e. The number of carbonyl (C=O) groups excluding carboxylic acids is 2. The summed E-state index contributed by atoms with van der Waals surface area (Å²) in [6, 6.07) is 19.0. The van der Waals surface area contributed by atoms with Gasteiger partial charge >= 0.3 is 6.18 Å². The summed E-state index contributed by atoms with van der Waals surface area (Å²) >= 11 is 0. The molecule has 0 aliphatic heterocycles. The number of amides is 2. The Balaban J connectivity index is 2.10. The topological polar surface area (TPSA) is 86.8 Å². The van der Waals surface area contributed by atoms with Crippen molar-refractivity contribution < 1.29 is 31.2 Å². The van der Waals surface area contributed by atoms with Crippen molar-refractivity contribution in [2.75, 3.05) is 17.1 Å². The summed E-state index contributed by atoms with van der Waals surface area (Å²) in [5.74, 6) is -1.15. The maximum absolute atomic E-state index is 14.1. The number of benzene rings is 3. The normalized spacial score (nSPS) is 13.2. The van der Waals surface area contributed by atoms with Gasteiger partial charge in [0.1, 0.15) is 12.6 Å². The van der Waals surface area contributed by atoms with E-state index in [1.54, 1.807) is 6.07 Å². The second kappa shape index (κ2) is 13.9. The largest absolute Gasteiger partial charge is 0.416 e. The van der Waals surface area contributed by atoms with E-state index >= 15 is 0 Å². The van der Waals surface area contributed by atoms with Crippen molar-refractivity contribution in [1.29, 1.82) is 0 Å². The number of carbonyl (C=O) groups is 2. The second-order valence-corrected chi connectivity index (χ2v) is 12.2. The van der Waals surface area contributed by atoms with Gasteiger partial charge in [-0.15, -0.1) is 0 Å². The van der Waals surface area contributed by atoms with Gasteiger partial charge in [-0.1, -0.05) is 67.6 Å². The lowest BCUT2D eigenvalue weighted by molar-refractivity contribution is -0.140. The van der Waals surface area contributed by atoms with Crippen LogP contribution in [0.25, 0.3) is 0 Å². The number of hydrogen-bond donors (Lipinski definition) is 1. The highest BCUT2D eigenvalue weighted by molar-refractivity contribution is 7.92. The minimum absolute atomic E-state index is 0.0167. The Kier molecular flexibility index (Phi) is 10.8. The van der Waals surface area contributed by atoms with Crippen molar-refractivity contribution in [3.63, 3.8) is 0 Å². The van der Waals surface area contributed by atoms with E-state index in [2.05, 4.69) is 5.32 Å². The first-order valence-corrected chi connectivity index (χ1v) is 15.4. The van der Waals surface area contributed by atoms with Crippen molar-refractivity contribution in [2.24, 2.45) is 0 Å². The second-order valence-electron chi connectivity index (χ2n) is 10.3. The molecule has 3 aromatic carbocycles. The number of alkyl halides is 3. The van der Waals surface area contributed by atoms with Gasteiger partial charge < -0.3 is 10.2 Å². The van der Waals surface area contributed by atoms with Crippen LogP contribution in [0.2, 0.25) is 0 Å². The molecule has 42 heavy (non-hydrogen) atoms. The van der Waals surface area contributed by atoms with E-state index in [0.29, 0.717) is 16.8 Å². The zero-order valence-electron chi connectivity index (χ0n) is 24.1. The van der Waals surface area contributed by atoms with Crippen molar-refractivity contribution in [2.45, 2.75) is 58.4 Å². The molecule has 7 nitrogen and oxygen atoms in total. The van der Waals surface area contributed by atoms with Crippen LogP contribution in [0.15, 0.2) is 78.9 Å². The van der Waals surface area contributed by atoms with Crippen LogP contribution in [0, 0.1) is 6.92 Å². The fraction of sp³-hybridized carbons (Fsp3) is 0.355. The molecule has 0 heterocycles. The number of hydrogen-bond acceptors (Lipinski definition) is 4. The van der Waals surface area contributed by atoms with Gasteiger partial charge in [0.15, 0.2) is 0 Å². The molecular formula is C31H36F3N3O4S. The van der Waals surface area contributed by atoms with Gasteiger partial charge in [0.2, 0.25) is 21.8 Å². The number of rotatable bonds is 12. The molecule has 2 atom stereocenters. The van der Waals surface area contributed by atoms with E-state index in [1.807, 2.05) is 69.3 Å². The van der Waals surface area contributed by atoms with E-state index in [4.69, 9.17) is 0 Å². The van der Waals surface area contributed by atoms with E-state index in [-0.39, 0.29) is 24.7 Å². The third kappa shape index (κ3) is 8.82. The maximum Gasteiger partial charge on any atom is 0.416 e. The first-order valence-electron chi connectivity index (χ1n) is 13.5. The highest BCUT2D eigenvalue weighted by Crippen LogP contribution is 2.32. The van der Waals surface area contributed by atoms with Gasteiger partial charge in [-0.05, 0) is 55.2 Å². The third-order valence-electron chi connectivity index (χ3n) is 7.01. The molecular weight excluding hydrogens is 567 g/mol. The van der Waals surface area contributed by atoms with Crippen LogP contribution in [0.1, 0.15) is 42.5 Å². The Morgan fingerprint density at radius 3 is 2.19 bits per heavy atom. The molecule has 0 fully saturated rings. The Morgan fingerprint density at radius 1 is 0.952 bits per heavy atom. The summed E-state index contributed by atoms with van der Waals surface area (Å²) < 4.78 is 66.7. The van der Waals surface area contributed by atoms with Crippen LogP contribution >= 0.6 is 0 Å². The molecule has 0 aliphatic carbocycles. The predicted molar refractivity (Wildman–Crippen MR) is 157 cm³/mol. The molecule has 0 saturated heterocycles. The zero-order valence-corrected chi connectivity index (χ0v) is 24.9. The predicted octanol–water partition coefficient (Wildman–Crippen LogP) is 5.33. The summed E-state index contributed by atoms with van der Waals surface area (Å²) in [4.78, 5) is 29.1. The summed E-state index contributed by atoms with van der Waals surface area (Å²) in [5.41, 5.74) is 1.02. The number of nitrogens with one attached hydrogen (secondary N) is 1. The van der Waals surface area contributed by atoms with Crippen LogP contribution in [-0.2, 0) is 38.8 Å². The number of nitrogens with zero attached hydrogens (tertiary/aromatic N) is 2. The summed E-state index contributed by atoms with van der Waals surface area (Å²) in [7, 11) is -4.20. The fourth-order valence-electron chi connectivity index (χ4n) is 4.42. The molecule has 3 rings (SSSR count). The van der Waals surface area contributed by atoms with Crippen molar-refractivity contribution in [3.05, 3.63) is 101 Å². The smallest absolute Gasteiger partial charge is 0.352 e. The van der Waals surface area contributed by atoms with Crippen LogP contribution in [-0.4, -0.2) is 50.0 Å². The monoisotopic (exact) mass is 603 g/mol. The van der Waals surface area contributed by atoms with E-state index < -0.39 is 46.2 Å². The van der Waals surface area contributed by atoms with Crippen molar-refractivity contribution in [3.8, 4) is 0 Å². The Labute approximate surface area is 245 Å². The average molecular weight is 604 g/mol. The summed E-state index contributed by atoms with van der Waals surface area (Å²) in [5, 5.41) is 2.94. The lowest BCUT2D eigenvalue weighted by Gasteiger charge is -2.34. The lowest BCUT2D eigenvalue weighted by Crippen LogP contribution is -2.54. The zero-order chi connectivity index (χ0) is 31.1. The molecule has 11 heteroatoms.